The lowest BCUT2D eigenvalue weighted by atomic mass is 10.0. The van der Waals surface area contributed by atoms with E-state index in [9.17, 15) is 14.9 Å². The fourth-order valence-corrected chi connectivity index (χ4v) is 2.81. The first-order chi connectivity index (χ1) is 12.3. The molecule has 7 heteroatoms. The third kappa shape index (κ3) is 4.37. The highest BCUT2D eigenvalue weighted by molar-refractivity contribution is 5.94. The Bertz CT molecular complexity index is 805. The summed E-state index contributed by atoms with van der Waals surface area (Å²) in [6.45, 7) is 1.99. The Morgan fingerprint density at radius 3 is 2.54 bits per heavy atom. The first-order valence-corrected chi connectivity index (χ1v) is 8.17. The molecule has 2 aromatic carbocycles. The summed E-state index contributed by atoms with van der Waals surface area (Å²) in [5.74, 6) is 0.483. The molecular weight excluding hydrogens is 334 g/mol. The van der Waals surface area contributed by atoms with Crippen molar-refractivity contribution in [2.45, 2.75) is 13.0 Å². The Morgan fingerprint density at radius 2 is 1.96 bits per heavy atom. The number of methoxy groups -OCH3 is 1. The van der Waals surface area contributed by atoms with Crippen LogP contribution in [0.4, 0.5) is 5.69 Å². The molecule has 138 valence electrons. The highest BCUT2D eigenvalue weighted by Crippen LogP contribution is 2.27. The standard InChI is InChI=1S/C19H23N3O4/c1-13-11-14(9-10-16(13)22(24)25)19(23)20-12-17(21(2)3)15-7-5-6-8-18(15)26-4/h5-11,17H,12H2,1-4H3,(H,20,23)/t17-/m0/s1. The van der Waals surface area contributed by atoms with Gasteiger partial charge in [-0.25, -0.2) is 0 Å². The SMILES string of the molecule is COc1ccccc1[C@H](CNC(=O)c1ccc([N+](=O)[O-])c(C)c1)N(C)C. The van der Waals surface area contributed by atoms with Crippen LogP contribution >= 0.6 is 0 Å². The van der Waals surface area contributed by atoms with E-state index in [4.69, 9.17) is 4.74 Å². The van der Waals surface area contributed by atoms with Crippen LogP contribution in [0.25, 0.3) is 0 Å². The highest BCUT2D eigenvalue weighted by atomic mass is 16.6. The maximum absolute atomic E-state index is 12.5. The fourth-order valence-electron chi connectivity index (χ4n) is 2.81. The molecule has 0 unspecified atom stereocenters. The second-order valence-electron chi connectivity index (χ2n) is 6.19. The van der Waals surface area contributed by atoms with Gasteiger partial charge in [0.15, 0.2) is 0 Å². The fraction of sp³-hybridized carbons (Fsp3) is 0.316. The minimum absolute atomic E-state index is 0.00161. The summed E-state index contributed by atoms with van der Waals surface area (Å²) in [5, 5.41) is 13.8. The number of hydrogen-bond donors (Lipinski definition) is 1. The summed E-state index contributed by atoms with van der Waals surface area (Å²) in [6, 6.07) is 11.9. The van der Waals surface area contributed by atoms with Gasteiger partial charge in [-0.1, -0.05) is 18.2 Å². The Kier molecular flexibility index (Phi) is 6.30. The summed E-state index contributed by atoms with van der Waals surface area (Å²) in [4.78, 5) is 24.9. The van der Waals surface area contributed by atoms with Crippen molar-refractivity contribution < 1.29 is 14.5 Å². The minimum atomic E-state index is -0.458. The van der Waals surface area contributed by atoms with Crippen LogP contribution in [0.3, 0.4) is 0 Å². The lowest BCUT2D eigenvalue weighted by Crippen LogP contribution is -2.34. The van der Waals surface area contributed by atoms with Crippen molar-refractivity contribution in [2.75, 3.05) is 27.7 Å². The summed E-state index contributed by atoms with van der Waals surface area (Å²) in [7, 11) is 5.47. The largest absolute Gasteiger partial charge is 0.496 e. The molecule has 0 saturated heterocycles. The van der Waals surface area contributed by atoms with Crippen LogP contribution in [0.1, 0.15) is 27.5 Å². The maximum Gasteiger partial charge on any atom is 0.272 e. The van der Waals surface area contributed by atoms with Crippen LogP contribution in [-0.4, -0.2) is 43.5 Å². The van der Waals surface area contributed by atoms with Gasteiger partial charge in [0, 0.05) is 29.3 Å². The monoisotopic (exact) mass is 357 g/mol. The van der Waals surface area contributed by atoms with Crippen molar-refractivity contribution in [1.82, 2.24) is 10.2 Å². The van der Waals surface area contributed by atoms with E-state index in [1.165, 1.54) is 18.2 Å². The number of nitro groups is 1. The molecule has 7 nitrogen and oxygen atoms in total. The van der Waals surface area contributed by atoms with Gasteiger partial charge in [0.2, 0.25) is 0 Å². The van der Waals surface area contributed by atoms with Gasteiger partial charge in [0.05, 0.1) is 18.1 Å². The zero-order valence-electron chi connectivity index (χ0n) is 15.4. The Balaban J connectivity index is 2.15. The number of nitrogens with one attached hydrogen (secondary N) is 1. The second-order valence-corrected chi connectivity index (χ2v) is 6.19. The van der Waals surface area contributed by atoms with Gasteiger partial charge in [0.1, 0.15) is 5.75 Å². The molecule has 0 radical (unpaired) electrons. The van der Waals surface area contributed by atoms with E-state index >= 15 is 0 Å². The number of rotatable bonds is 7. The molecule has 0 aromatic heterocycles. The number of nitro benzene ring substituents is 1. The summed E-state index contributed by atoms with van der Waals surface area (Å²) in [6.07, 6.45) is 0. The number of carbonyl (C=O) groups is 1. The number of amides is 1. The van der Waals surface area contributed by atoms with Crippen LogP contribution in [0, 0.1) is 17.0 Å². The first kappa shape index (κ1) is 19.4. The molecule has 26 heavy (non-hydrogen) atoms. The number of likely N-dealkylation sites (N-methyl/N-ethyl adjacent to an activating group) is 1. The Hall–Kier alpha value is -2.93. The van der Waals surface area contributed by atoms with Gasteiger partial charge < -0.3 is 15.0 Å². The Morgan fingerprint density at radius 1 is 1.27 bits per heavy atom. The van der Waals surface area contributed by atoms with E-state index in [2.05, 4.69) is 5.32 Å². The molecule has 0 saturated carbocycles. The Labute approximate surface area is 152 Å². The van der Waals surface area contributed by atoms with E-state index in [0.29, 0.717) is 17.7 Å². The molecule has 0 fully saturated rings. The number of aryl methyl sites for hydroxylation is 1. The normalized spacial score (nSPS) is 11.9. The molecule has 0 aliphatic rings. The molecule has 1 atom stereocenters. The van der Waals surface area contributed by atoms with Gasteiger partial charge in [0.25, 0.3) is 11.6 Å². The van der Waals surface area contributed by atoms with Crippen molar-refractivity contribution in [2.24, 2.45) is 0 Å². The first-order valence-electron chi connectivity index (χ1n) is 8.17. The molecule has 0 aliphatic carbocycles. The summed E-state index contributed by atoms with van der Waals surface area (Å²) >= 11 is 0. The van der Waals surface area contributed by atoms with Crippen LogP contribution in [0.2, 0.25) is 0 Å². The molecule has 2 aromatic rings. The van der Waals surface area contributed by atoms with Crippen LogP contribution in [0.15, 0.2) is 42.5 Å². The predicted octanol–water partition coefficient (Wildman–Crippen LogP) is 2.94. The quantitative estimate of drug-likeness (QED) is 0.608. The van der Waals surface area contributed by atoms with Gasteiger partial charge in [-0.05, 0) is 39.2 Å². The second kappa shape index (κ2) is 8.44. The van der Waals surface area contributed by atoms with Gasteiger partial charge in [-0.15, -0.1) is 0 Å². The summed E-state index contributed by atoms with van der Waals surface area (Å²) in [5.41, 5.74) is 1.82. The molecular formula is C19H23N3O4. The number of nitrogens with zero attached hydrogens (tertiary/aromatic N) is 2. The van der Waals surface area contributed by atoms with Gasteiger partial charge >= 0.3 is 0 Å². The van der Waals surface area contributed by atoms with Crippen molar-refractivity contribution in [3.05, 3.63) is 69.3 Å². The zero-order chi connectivity index (χ0) is 19.3. The third-order valence-corrected chi connectivity index (χ3v) is 4.23. The zero-order valence-corrected chi connectivity index (χ0v) is 15.4. The van der Waals surface area contributed by atoms with Gasteiger partial charge in [-0.2, -0.15) is 0 Å². The molecule has 0 spiro atoms. The lowest BCUT2D eigenvalue weighted by Gasteiger charge is -2.26. The number of benzene rings is 2. The molecule has 1 amide bonds. The van der Waals surface area contributed by atoms with E-state index in [-0.39, 0.29) is 17.6 Å². The maximum atomic E-state index is 12.5. The smallest absolute Gasteiger partial charge is 0.272 e. The average Bonchev–Trinajstić information content (AvgIpc) is 2.61. The number of ether oxygens (including phenoxy) is 1. The van der Waals surface area contributed by atoms with Crippen molar-refractivity contribution in [1.29, 1.82) is 0 Å². The average molecular weight is 357 g/mol. The number of carbonyl (C=O) groups excluding carboxylic acids is 1. The molecule has 0 bridgehead atoms. The molecule has 0 aliphatic heterocycles. The molecule has 0 heterocycles. The van der Waals surface area contributed by atoms with Crippen molar-refractivity contribution in [3.8, 4) is 5.75 Å². The number of hydrogen-bond acceptors (Lipinski definition) is 5. The predicted molar refractivity (Wildman–Crippen MR) is 99.6 cm³/mol. The van der Waals surface area contributed by atoms with E-state index in [1.807, 2.05) is 43.3 Å². The number of para-hydroxylation sites is 1. The highest BCUT2D eigenvalue weighted by Gasteiger charge is 2.20. The molecule has 1 N–H and O–H groups in total. The van der Waals surface area contributed by atoms with E-state index in [1.54, 1.807) is 14.0 Å². The topological polar surface area (TPSA) is 84.7 Å². The van der Waals surface area contributed by atoms with Crippen LogP contribution in [0.5, 0.6) is 5.75 Å². The third-order valence-electron chi connectivity index (χ3n) is 4.23. The van der Waals surface area contributed by atoms with Crippen LogP contribution < -0.4 is 10.1 Å². The molecule has 2 rings (SSSR count). The van der Waals surface area contributed by atoms with E-state index in [0.717, 1.165) is 11.3 Å². The van der Waals surface area contributed by atoms with Crippen LogP contribution in [-0.2, 0) is 0 Å². The van der Waals surface area contributed by atoms with Crippen molar-refractivity contribution in [3.63, 3.8) is 0 Å². The van der Waals surface area contributed by atoms with Gasteiger partial charge in [-0.3, -0.25) is 14.9 Å². The minimum Gasteiger partial charge on any atom is -0.496 e. The lowest BCUT2D eigenvalue weighted by molar-refractivity contribution is -0.385. The van der Waals surface area contributed by atoms with E-state index < -0.39 is 4.92 Å². The van der Waals surface area contributed by atoms with Crippen molar-refractivity contribution >= 4 is 11.6 Å². The summed E-state index contributed by atoms with van der Waals surface area (Å²) < 4.78 is 5.42.